The number of alkyl halides is 2. The molecule has 0 heterocycles. The van der Waals surface area contributed by atoms with Gasteiger partial charge in [-0.3, -0.25) is 9.59 Å². The number of ketones is 1. The summed E-state index contributed by atoms with van der Waals surface area (Å²) in [5, 5.41) is 11.2. The van der Waals surface area contributed by atoms with Crippen molar-refractivity contribution in [1.82, 2.24) is 0 Å². The van der Waals surface area contributed by atoms with Gasteiger partial charge < -0.3 is 5.11 Å². The van der Waals surface area contributed by atoms with E-state index in [1.165, 1.54) is 30.0 Å². The van der Waals surface area contributed by atoms with Crippen molar-refractivity contribution in [2.24, 2.45) is 34.5 Å². The Balaban J connectivity index is 1.84. The quantitative estimate of drug-likeness (QED) is 0.708. The maximum Gasteiger partial charge on any atom is 0.192 e. The maximum atomic E-state index is 16.9. The number of aliphatic hydroxyl groups excluding tert-OH is 1. The fourth-order valence-electron chi connectivity index (χ4n) is 7.20. The van der Waals surface area contributed by atoms with Crippen LogP contribution in [0.4, 0.5) is 8.78 Å². The highest BCUT2D eigenvalue weighted by molar-refractivity contribution is 8.13. The van der Waals surface area contributed by atoms with E-state index in [0.29, 0.717) is 6.42 Å². The average Bonchev–Trinajstić information content (AvgIpc) is 2.89. The third-order valence-electron chi connectivity index (χ3n) is 8.42. The van der Waals surface area contributed by atoms with Crippen molar-refractivity contribution in [3.05, 3.63) is 23.8 Å². The van der Waals surface area contributed by atoms with Gasteiger partial charge in [0.05, 0.1) is 6.10 Å². The minimum Gasteiger partial charge on any atom is -0.390 e. The molecule has 28 heavy (non-hydrogen) atoms. The molecule has 0 spiro atoms. The molecular weight excluding hydrogens is 382 g/mol. The number of carbonyl (C=O) groups is 2. The van der Waals surface area contributed by atoms with E-state index in [0.717, 1.165) is 0 Å². The van der Waals surface area contributed by atoms with Gasteiger partial charge in [-0.05, 0) is 67.4 Å². The van der Waals surface area contributed by atoms with Gasteiger partial charge in [0.1, 0.15) is 6.17 Å². The van der Waals surface area contributed by atoms with Crippen LogP contribution >= 0.6 is 11.8 Å². The third kappa shape index (κ3) is 2.31. The average molecular weight is 411 g/mol. The van der Waals surface area contributed by atoms with Crippen LogP contribution in [0, 0.1) is 34.5 Å². The molecule has 6 heteroatoms. The molecule has 0 amide bonds. The smallest absolute Gasteiger partial charge is 0.192 e. The zero-order chi connectivity index (χ0) is 20.6. The van der Waals surface area contributed by atoms with Crippen LogP contribution in [0.1, 0.15) is 40.0 Å². The molecular formula is C22H28F2O3S. The van der Waals surface area contributed by atoms with Crippen LogP contribution in [0.2, 0.25) is 0 Å². The molecule has 1 N–H and O–H groups in total. The Morgan fingerprint density at radius 2 is 1.96 bits per heavy atom. The van der Waals surface area contributed by atoms with Crippen molar-refractivity contribution >= 4 is 22.7 Å². The Labute approximate surface area is 169 Å². The van der Waals surface area contributed by atoms with Crippen LogP contribution in [-0.4, -0.2) is 40.2 Å². The number of aliphatic hydroxyl groups is 1. The fourth-order valence-corrected chi connectivity index (χ4v) is 7.96. The van der Waals surface area contributed by atoms with E-state index in [1.54, 1.807) is 13.2 Å². The summed E-state index contributed by atoms with van der Waals surface area (Å²) < 4.78 is 32.1. The van der Waals surface area contributed by atoms with Crippen LogP contribution in [0.25, 0.3) is 0 Å². The lowest BCUT2D eigenvalue weighted by atomic mass is 9.45. The van der Waals surface area contributed by atoms with Crippen molar-refractivity contribution in [2.75, 3.05) is 6.26 Å². The lowest BCUT2D eigenvalue weighted by Crippen LogP contribution is -2.68. The van der Waals surface area contributed by atoms with E-state index in [4.69, 9.17) is 0 Å². The molecule has 6 unspecified atom stereocenters. The van der Waals surface area contributed by atoms with Gasteiger partial charge in [0.15, 0.2) is 16.6 Å². The topological polar surface area (TPSA) is 54.4 Å². The highest BCUT2D eigenvalue weighted by Gasteiger charge is 2.73. The Hall–Kier alpha value is -1.01. The Kier molecular flexibility index (Phi) is 4.52. The normalized spacial score (nSPS) is 52.5. The molecule has 0 saturated heterocycles. The minimum absolute atomic E-state index is 0.0523. The highest BCUT2D eigenvalue weighted by atomic mass is 32.2. The van der Waals surface area contributed by atoms with Crippen LogP contribution in [-0.2, 0) is 9.59 Å². The Morgan fingerprint density at radius 3 is 2.61 bits per heavy atom. The van der Waals surface area contributed by atoms with E-state index in [-0.39, 0.29) is 47.1 Å². The van der Waals surface area contributed by atoms with Crippen LogP contribution in [0.15, 0.2) is 23.8 Å². The summed E-state index contributed by atoms with van der Waals surface area (Å²) >= 11 is 1.18. The van der Waals surface area contributed by atoms with Crippen LogP contribution < -0.4 is 0 Å². The van der Waals surface area contributed by atoms with Crippen LogP contribution in [0.3, 0.4) is 0 Å². The minimum atomic E-state index is -2.06. The van der Waals surface area contributed by atoms with E-state index >= 15 is 8.78 Å². The van der Waals surface area contributed by atoms with Gasteiger partial charge in [-0.25, -0.2) is 8.78 Å². The van der Waals surface area contributed by atoms with Gasteiger partial charge in [0.25, 0.3) is 0 Å². The molecule has 0 aromatic rings. The standard InChI is InChI=1S/C22H28F2O3S/c1-11-7-13-14-9-16(23)15-8-12(25)5-6-21(15,3)22(14,24)17(26)10-20(13,2)18(11)19(27)28-4/h5-6,8,11,13-14,16-18,26H,7,9-10H2,1-4H3/t11-,13?,14?,16+,17?,18?,20?,21?,22+/m1/s1. The largest absolute Gasteiger partial charge is 0.390 e. The first-order chi connectivity index (χ1) is 13.0. The summed E-state index contributed by atoms with van der Waals surface area (Å²) in [5.74, 6) is -1.42. The van der Waals surface area contributed by atoms with E-state index in [1.807, 2.05) is 13.8 Å². The molecule has 0 bridgehead atoms. The molecule has 4 rings (SSSR count). The third-order valence-corrected chi connectivity index (χ3v) is 9.08. The highest BCUT2D eigenvalue weighted by Crippen LogP contribution is 2.70. The van der Waals surface area contributed by atoms with Gasteiger partial charge in [0, 0.05) is 17.3 Å². The first-order valence-electron chi connectivity index (χ1n) is 10.0. The number of rotatable bonds is 1. The summed E-state index contributed by atoms with van der Waals surface area (Å²) in [7, 11) is 0. The number of allylic oxidation sites excluding steroid dienone is 4. The Morgan fingerprint density at radius 1 is 1.29 bits per heavy atom. The monoisotopic (exact) mass is 410 g/mol. The van der Waals surface area contributed by atoms with Gasteiger partial charge in [-0.2, -0.15) is 0 Å². The molecule has 4 aliphatic carbocycles. The summed E-state index contributed by atoms with van der Waals surface area (Å²) in [6.07, 6.45) is 3.74. The first-order valence-corrected chi connectivity index (χ1v) is 11.3. The Bertz CT molecular complexity index is 795. The zero-order valence-electron chi connectivity index (χ0n) is 16.7. The second kappa shape index (κ2) is 6.24. The predicted octanol–water partition coefficient (Wildman–Crippen LogP) is 4.06. The molecule has 9 atom stereocenters. The molecule has 0 radical (unpaired) electrons. The zero-order valence-corrected chi connectivity index (χ0v) is 17.6. The first kappa shape index (κ1) is 20.3. The number of carbonyl (C=O) groups excluding carboxylic acids is 2. The number of hydrogen-bond acceptors (Lipinski definition) is 4. The summed E-state index contributed by atoms with van der Waals surface area (Å²) in [4.78, 5) is 24.5. The van der Waals surface area contributed by atoms with E-state index in [9.17, 15) is 14.7 Å². The predicted molar refractivity (Wildman–Crippen MR) is 105 cm³/mol. The van der Waals surface area contributed by atoms with Crippen LogP contribution in [0.5, 0.6) is 0 Å². The van der Waals surface area contributed by atoms with Gasteiger partial charge in [-0.1, -0.05) is 31.7 Å². The number of halogens is 2. The molecule has 154 valence electrons. The number of hydrogen-bond donors (Lipinski definition) is 1. The van der Waals surface area contributed by atoms with E-state index in [2.05, 4.69) is 0 Å². The second-order valence-electron chi connectivity index (χ2n) is 9.66. The molecule has 0 aromatic heterocycles. The molecule has 3 nitrogen and oxygen atoms in total. The van der Waals surface area contributed by atoms with Crippen molar-refractivity contribution in [3.8, 4) is 0 Å². The van der Waals surface area contributed by atoms with Crippen molar-refractivity contribution in [3.63, 3.8) is 0 Å². The van der Waals surface area contributed by atoms with Crippen molar-refractivity contribution < 1.29 is 23.5 Å². The van der Waals surface area contributed by atoms with Gasteiger partial charge >= 0.3 is 0 Å². The molecule has 0 aliphatic heterocycles. The van der Waals surface area contributed by atoms with E-state index < -0.39 is 34.7 Å². The summed E-state index contributed by atoms with van der Waals surface area (Å²) in [5.41, 5.74) is -3.82. The lowest BCUT2D eigenvalue weighted by Gasteiger charge is -2.62. The van der Waals surface area contributed by atoms with Crippen molar-refractivity contribution in [1.29, 1.82) is 0 Å². The molecule has 3 saturated carbocycles. The SMILES string of the molecule is CSC(=O)C1[C@H](C)CC2C3C[C@H](F)C4=CC(=O)C=CC4(C)[C@@]3(F)C(O)CC21C. The fraction of sp³-hybridized carbons (Fsp3) is 0.727. The second-order valence-corrected chi connectivity index (χ2v) is 10.5. The summed E-state index contributed by atoms with van der Waals surface area (Å²) in [6.45, 7) is 5.59. The lowest BCUT2D eigenvalue weighted by molar-refractivity contribution is -0.201. The molecule has 0 aromatic carbocycles. The molecule has 3 fully saturated rings. The van der Waals surface area contributed by atoms with Crippen molar-refractivity contribution in [2.45, 2.75) is 58.0 Å². The summed E-state index contributed by atoms with van der Waals surface area (Å²) in [6, 6.07) is 0. The van der Waals surface area contributed by atoms with Gasteiger partial charge in [0.2, 0.25) is 0 Å². The van der Waals surface area contributed by atoms with Gasteiger partial charge in [-0.15, -0.1) is 0 Å². The number of fused-ring (bicyclic) bond motifs is 5. The molecule has 4 aliphatic rings. The number of thioether (sulfide) groups is 1. The maximum absolute atomic E-state index is 16.9.